The average molecular weight is 437 g/mol. The van der Waals surface area contributed by atoms with Crippen LogP contribution in [0.15, 0.2) is 30.5 Å². The van der Waals surface area contributed by atoms with Gasteiger partial charge in [0.15, 0.2) is 17.2 Å². The lowest BCUT2D eigenvalue weighted by Gasteiger charge is -2.11. The Morgan fingerprint density at radius 3 is 2.41 bits per heavy atom. The van der Waals surface area contributed by atoms with E-state index in [0.29, 0.717) is 11.1 Å². The topological polar surface area (TPSA) is 100 Å². The second-order valence-electron chi connectivity index (χ2n) is 7.65. The molecule has 3 rings (SSSR count). The van der Waals surface area contributed by atoms with Crippen LogP contribution in [-0.4, -0.2) is 45.7 Å². The molecule has 0 fully saturated rings. The monoisotopic (exact) mass is 437 g/mol. The van der Waals surface area contributed by atoms with Crippen molar-refractivity contribution in [3.05, 3.63) is 58.5 Å². The van der Waals surface area contributed by atoms with E-state index in [-0.39, 0.29) is 42.8 Å². The van der Waals surface area contributed by atoms with Gasteiger partial charge in [0.1, 0.15) is 6.54 Å². The third-order valence-corrected chi connectivity index (χ3v) is 5.06. The van der Waals surface area contributed by atoms with Gasteiger partial charge in [0.2, 0.25) is 0 Å². The van der Waals surface area contributed by atoms with Crippen LogP contribution in [0.5, 0.6) is 0 Å². The fourth-order valence-electron chi connectivity index (χ4n) is 3.58. The van der Waals surface area contributed by atoms with Crippen LogP contribution >= 0.6 is 0 Å². The number of Topliss-reactive ketones (excluding diaryl/α,β-unsaturated/α-hetero) is 1. The fourth-order valence-corrected chi connectivity index (χ4v) is 3.58. The summed E-state index contributed by atoms with van der Waals surface area (Å²) in [6.45, 7) is 9.08. The summed E-state index contributed by atoms with van der Waals surface area (Å²) in [4.78, 5) is 42.8. The molecule has 0 aliphatic carbocycles. The highest BCUT2D eigenvalue weighted by atomic mass is 16.5. The lowest BCUT2D eigenvalue weighted by atomic mass is 10.00. The van der Waals surface area contributed by atoms with Crippen molar-refractivity contribution in [2.24, 2.45) is 0 Å². The molecule has 0 radical (unpaired) electrons. The minimum atomic E-state index is -0.643. The summed E-state index contributed by atoms with van der Waals surface area (Å²) in [5.74, 6) is -1.79. The number of hydrogen-bond acceptors (Lipinski definition) is 7. The molecule has 1 aromatic carbocycles. The van der Waals surface area contributed by atoms with Crippen molar-refractivity contribution in [3.8, 4) is 0 Å². The fraction of sp³-hybridized carbons (Fsp3) is 0.375. The number of aromatic nitrogens is 3. The number of ketones is 1. The van der Waals surface area contributed by atoms with Crippen LogP contribution in [0.3, 0.4) is 0 Å². The van der Waals surface area contributed by atoms with Crippen LogP contribution in [0.1, 0.15) is 76.1 Å². The SMILES string of the molecule is CCOC(=O)c1nn(CC(=O)c2cnc3cccc(C)c3c2)c(C(=O)OCC)c1C(C)C. The highest BCUT2D eigenvalue weighted by Gasteiger charge is 2.31. The van der Waals surface area contributed by atoms with E-state index in [2.05, 4.69) is 10.1 Å². The van der Waals surface area contributed by atoms with E-state index in [1.165, 1.54) is 10.9 Å². The van der Waals surface area contributed by atoms with Gasteiger partial charge in [-0.15, -0.1) is 0 Å². The Morgan fingerprint density at radius 2 is 1.75 bits per heavy atom. The molecule has 0 saturated carbocycles. The van der Waals surface area contributed by atoms with Gasteiger partial charge in [-0.25, -0.2) is 14.3 Å². The molecule has 8 heteroatoms. The van der Waals surface area contributed by atoms with E-state index in [4.69, 9.17) is 9.47 Å². The smallest absolute Gasteiger partial charge is 0.359 e. The zero-order valence-corrected chi connectivity index (χ0v) is 19.0. The summed E-state index contributed by atoms with van der Waals surface area (Å²) in [5, 5.41) is 5.17. The molecule has 168 valence electrons. The molecule has 0 spiro atoms. The molecule has 0 bridgehead atoms. The maximum Gasteiger partial charge on any atom is 0.359 e. The Hall–Kier alpha value is -3.55. The van der Waals surface area contributed by atoms with Crippen molar-refractivity contribution < 1.29 is 23.9 Å². The Labute approximate surface area is 186 Å². The van der Waals surface area contributed by atoms with Crippen LogP contribution in [0, 0.1) is 6.92 Å². The standard InChI is InChI=1S/C24H27N3O5/c1-6-31-23(29)21-20(14(3)4)22(24(30)32-7-2)27(26-21)13-19(28)16-11-17-15(5)9-8-10-18(17)25-12-16/h8-12,14H,6-7,13H2,1-5H3. The molecule has 0 aliphatic rings. The molecule has 0 unspecified atom stereocenters. The van der Waals surface area contributed by atoms with Crippen LogP contribution in [0.25, 0.3) is 10.9 Å². The van der Waals surface area contributed by atoms with E-state index < -0.39 is 11.9 Å². The minimum Gasteiger partial charge on any atom is -0.461 e. The van der Waals surface area contributed by atoms with Gasteiger partial charge in [0, 0.05) is 22.7 Å². The molecule has 0 aliphatic heterocycles. The van der Waals surface area contributed by atoms with Gasteiger partial charge in [-0.1, -0.05) is 26.0 Å². The average Bonchev–Trinajstić information content (AvgIpc) is 3.14. The van der Waals surface area contributed by atoms with Gasteiger partial charge in [-0.3, -0.25) is 9.78 Å². The number of esters is 2. The Kier molecular flexibility index (Phi) is 7.02. The number of hydrogen-bond donors (Lipinski definition) is 0. The van der Waals surface area contributed by atoms with Gasteiger partial charge in [0.25, 0.3) is 0 Å². The van der Waals surface area contributed by atoms with Gasteiger partial charge >= 0.3 is 11.9 Å². The number of nitrogens with zero attached hydrogens (tertiary/aromatic N) is 3. The van der Waals surface area contributed by atoms with E-state index >= 15 is 0 Å². The number of ether oxygens (including phenoxy) is 2. The highest BCUT2D eigenvalue weighted by molar-refractivity contribution is 6.01. The third-order valence-electron chi connectivity index (χ3n) is 5.06. The first-order chi connectivity index (χ1) is 15.3. The minimum absolute atomic E-state index is 0.0187. The third kappa shape index (κ3) is 4.54. The Balaban J connectivity index is 2.07. The second-order valence-corrected chi connectivity index (χ2v) is 7.65. The molecule has 8 nitrogen and oxygen atoms in total. The van der Waals surface area contributed by atoms with Crippen molar-refractivity contribution in [3.63, 3.8) is 0 Å². The van der Waals surface area contributed by atoms with E-state index in [0.717, 1.165) is 16.5 Å². The maximum atomic E-state index is 13.1. The maximum absolute atomic E-state index is 13.1. The summed E-state index contributed by atoms with van der Waals surface area (Å²) >= 11 is 0. The number of carbonyl (C=O) groups is 3. The van der Waals surface area contributed by atoms with Crippen LogP contribution in [0.2, 0.25) is 0 Å². The van der Waals surface area contributed by atoms with Gasteiger partial charge in [0.05, 0.1) is 18.7 Å². The molecule has 0 N–H and O–H groups in total. The molecular weight excluding hydrogens is 410 g/mol. The van der Waals surface area contributed by atoms with Crippen LogP contribution in [0.4, 0.5) is 0 Å². The molecular formula is C24H27N3O5. The van der Waals surface area contributed by atoms with Crippen molar-refractivity contribution in [1.82, 2.24) is 14.8 Å². The molecule has 32 heavy (non-hydrogen) atoms. The molecule has 0 atom stereocenters. The number of carbonyl (C=O) groups excluding carboxylic acids is 3. The van der Waals surface area contributed by atoms with Crippen LogP contribution < -0.4 is 0 Å². The highest BCUT2D eigenvalue weighted by Crippen LogP contribution is 2.26. The van der Waals surface area contributed by atoms with E-state index in [9.17, 15) is 14.4 Å². The lowest BCUT2D eigenvalue weighted by molar-refractivity contribution is 0.0505. The zero-order chi connectivity index (χ0) is 23.4. The van der Waals surface area contributed by atoms with Crippen molar-refractivity contribution in [1.29, 1.82) is 0 Å². The predicted octanol–water partition coefficient (Wildman–Crippen LogP) is 4.10. The number of aryl methyl sites for hydroxylation is 1. The van der Waals surface area contributed by atoms with Crippen molar-refractivity contribution in [2.75, 3.05) is 13.2 Å². The van der Waals surface area contributed by atoms with Crippen LogP contribution in [-0.2, 0) is 16.0 Å². The van der Waals surface area contributed by atoms with E-state index in [1.54, 1.807) is 19.9 Å². The Morgan fingerprint density at radius 1 is 1.06 bits per heavy atom. The first-order valence-electron chi connectivity index (χ1n) is 10.6. The normalized spacial score (nSPS) is 11.1. The number of benzene rings is 1. The molecule has 3 aromatic rings. The first kappa shape index (κ1) is 23.1. The van der Waals surface area contributed by atoms with Gasteiger partial charge in [-0.05, 0) is 44.4 Å². The summed E-state index contributed by atoms with van der Waals surface area (Å²) < 4.78 is 11.6. The van der Waals surface area contributed by atoms with Crippen molar-refractivity contribution >= 4 is 28.6 Å². The number of rotatable bonds is 8. The second kappa shape index (κ2) is 9.72. The first-order valence-corrected chi connectivity index (χ1v) is 10.6. The molecule has 0 saturated heterocycles. The lowest BCUT2D eigenvalue weighted by Crippen LogP contribution is -2.20. The number of pyridine rings is 1. The zero-order valence-electron chi connectivity index (χ0n) is 19.0. The van der Waals surface area contributed by atoms with E-state index in [1.807, 2.05) is 39.0 Å². The summed E-state index contributed by atoms with van der Waals surface area (Å²) in [7, 11) is 0. The van der Waals surface area contributed by atoms with Gasteiger partial charge < -0.3 is 9.47 Å². The molecule has 2 heterocycles. The summed E-state index contributed by atoms with van der Waals surface area (Å²) in [5.41, 5.74) is 2.69. The van der Waals surface area contributed by atoms with Crippen molar-refractivity contribution in [2.45, 2.75) is 47.1 Å². The largest absolute Gasteiger partial charge is 0.461 e. The summed E-state index contributed by atoms with van der Waals surface area (Å²) in [6, 6.07) is 7.52. The predicted molar refractivity (Wildman–Crippen MR) is 119 cm³/mol. The summed E-state index contributed by atoms with van der Waals surface area (Å²) in [6.07, 6.45) is 1.51. The van der Waals surface area contributed by atoms with Gasteiger partial charge in [-0.2, -0.15) is 5.10 Å². The Bertz CT molecular complexity index is 1180. The number of fused-ring (bicyclic) bond motifs is 1. The quantitative estimate of drug-likeness (QED) is 0.386. The molecule has 2 aromatic heterocycles. The molecule has 0 amide bonds.